The normalized spacial score (nSPS) is 23.0. The van der Waals surface area contributed by atoms with E-state index in [0.717, 1.165) is 70.6 Å². The van der Waals surface area contributed by atoms with Crippen LogP contribution < -0.4 is 0 Å². The topological polar surface area (TPSA) is 210 Å². The van der Waals surface area contributed by atoms with E-state index in [0.29, 0.717) is 19.3 Å². The Hall–Kier alpha value is -2.97. The van der Waals surface area contributed by atoms with Gasteiger partial charge in [-0.25, -0.2) is 4.57 Å². The molecule has 1 fully saturated rings. The van der Waals surface area contributed by atoms with Gasteiger partial charge in [0.15, 0.2) is 6.10 Å². The SMILES string of the molecule is CC/C=C/C/C=C/C/C=C/C/C=C/C/C=C/C/C=C/CCC(=O)O[C@H](COC(=O)CCCCCCC/C=C/CCCCC)COP(=O)(O)OC1C(O)C(O)C(O)[C@H](O)C1O. The molecule has 60 heavy (non-hydrogen) atoms. The molecule has 14 heteroatoms. The van der Waals surface area contributed by atoms with Crippen LogP contribution >= 0.6 is 7.82 Å². The first-order valence-corrected chi connectivity index (χ1v) is 23.4. The second kappa shape index (κ2) is 35.6. The molecule has 0 aromatic rings. The summed E-state index contributed by atoms with van der Waals surface area (Å²) in [6, 6.07) is 0. The van der Waals surface area contributed by atoms with Crippen molar-refractivity contribution in [3.05, 3.63) is 85.1 Å². The van der Waals surface area contributed by atoms with Gasteiger partial charge in [-0.1, -0.05) is 131 Å². The minimum Gasteiger partial charge on any atom is -0.462 e. The summed E-state index contributed by atoms with van der Waals surface area (Å²) in [5, 5.41) is 50.1. The average Bonchev–Trinajstić information content (AvgIpc) is 3.23. The molecule has 6 unspecified atom stereocenters. The molecule has 342 valence electrons. The van der Waals surface area contributed by atoms with Crippen LogP contribution in [-0.4, -0.2) is 98.3 Å². The van der Waals surface area contributed by atoms with Crippen LogP contribution in [0.3, 0.4) is 0 Å². The van der Waals surface area contributed by atoms with Crippen molar-refractivity contribution in [2.75, 3.05) is 13.2 Å². The first-order valence-electron chi connectivity index (χ1n) is 21.9. The Morgan fingerprint density at radius 3 is 1.52 bits per heavy atom. The van der Waals surface area contributed by atoms with Gasteiger partial charge < -0.3 is 39.9 Å². The van der Waals surface area contributed by atoms with Crippen LogP contribution in [0.5, 0.6) is 0 Å². The molecule has 13 nitrogen and oxygen atoms in total. The first-order chi connectivity index (χ1) is 28.9. The number of aliphatic hydroxyl groups is 5. The number of unbranched alkanes of at least 4 members (excludes halogenated alkanes) is 8. The number of esters is 2. The molecule has 0 aromatic heterocycles. The van der Waals surface area contributed by atoms with Gasteiger partial charge in [0.05, 0.1) is 6.61 Å². The molecule has 1 saturated carbocycles. The zero-order valence-corrected chi connectivity index (χ0v) is 36.9. The maximum Gasteiger partial charge on any atom is 0.472 e. The molecule has 0 bridgehead atoms. The number of rotatable bonds is 34. The third-order valence-electron chi connectivity index (χ3n) is 9.48. The van der Waals surface area contributed by atoms with E-state index in [4.69, 9.17) is 18.5 Å². The summed E-state index contributed by atoms with van der Waals surface area (Å²) in [6.07, 6.45) is 32.3. The van der Waals surface area contributed by atoms with Crippen molar-refractivity contribution in [1.82, 2.24) is 0 Å². The van der Waals surface area contributed by atoms with Crippen LogP contribution in [0.2, 0.25) is 0 Å². The maximum absolute atomic E-state index is 12.8. The molecule has 6 N–H and O–H groups in total. The number of carbonyl (C=O) groups is 2. The minimum absolute atomic E-state index is 0.0346. The van der Waals surface area contributed by atoms with E-state index >= 15 is 0 Å². The third kappa shape index (κ3) is 27.8. The van der Waals surface area contributed by atoms with Crippen LogP contribution in [0, 0.1) is 0 Å². The molecule has 1 rings (SSSR count). The number of carbonyl (C=O) groups excluding carboxylic acids is 2. The van der Waals surface area contributed by atoms with Gasteiger partial charge in [-0.2, -0.15) is 0 Å². The van der Waals surface area contributed by atoms with Gasteiger partial charge >= 0.3 is 19.8 Å². The van der Waals surface area contributed by atoms with Gasteiger partial charge in [0.25, 0.3) is 0 Å². The summed E-state index contributed by atoms with van der Waals surface area (Å²) < 4.78 is 33.3. The molecular formula is C46H75O13P. The molecule has 0 amide bonds. The first kappa shape index (κ1) is 55.0. The number of hydrogen-bond acceptors (Lipinski definition) is 12. The summed E-state index contributed by atoms with van der Waals surface area (Å²) in [5.74, 6) is -1.22. The van der Waals surface area contributed by atoms with E-state index in [2.05, 4.69) is 80.7 Å². The molecule has 0 aliphatic heterocycles. The molecule has 0 heterocycles. The second-order valence-corrected chi connectivity index (χ2v) is 16.2. The van der Waals surface area contributed by atoms with E-state index in [-0.39, 0.29) is 12.8 Å². The summed E-state index contributed by atoms with van der Waals surface area (Å²) in [4.78, 5) is 35.6. The monoisotopic (exact) mass is 866 g/mol. The smallest absolute Gasteiger partial charge is 0.462 e. The Labute approximate surface area is 358 Å². The number of hydrogen-bond donors (Lipinski definition) is 6. The lowest BCUT2D eigenvalue weighted by Crippen LogP contribution is -2.64. The number of allylic oxidation sites excluding steroid dienone is 14. The molecule has 8 atom stereocenters. The minimum atomic E-state index is -5.14. The Morgan fingerprint density at radius 1 is 0.533 bits per heavy atom. The van der Waals surface area contributed by atoms with E-state index in [1.165, 1.54) is 19.3 Å². The van der Waals surface area contributed by atoms with Crippen LogP contribution in [0.1, 0.15) is 136 Å². The zero-order chi connectivity index (χ0) is 44.3. The van der Waals surface area contributed by atoms with E-state index < -0.39 is 75.7 Å². The van der Waals surface area contributed by atoms with Gasteiger partial charge in [-0.05, 0) is 77.0 Å². The Kier molecular flexibility index (Phi) is 32.7. The molecule has 0 saturated heterocycles. The lowest BCUT2D eigenvalue weighted by Gasteiger charge is -2.41. The molecule has 0 aromatic carbocycles. The van der Waals surface area contributed by atoms with Crippen molar-refractivity contribution < 1.29 is 63.1 Å². The predicted molar refractivity (Wildman–Crippen MR) is 235 cm³/mol. The van der Waals surface area contributed by atoms with Gasteiger partial charge in [0, 0.05) is 12.8 Å². The van der Waals surface area contributed by atoms with Gasteiger partial charge in [-0.15, -0.1) is 0 Å². The number of aliphatic hydroxyl groups excluding tert-OH is 5. The summed E-state index contributed by atoms with van der Waals surface area (Å²) >= 11 is 0. The van der Waals surface area contributed by atoms with Crippen molar-refractivity contribution in [2.45, 2.75) is 179 Å². The number of phosphoric acid groups is 1. The highest BCUT2D eigenvalue weighted by Gasteiger charge is 2.51. The summed E-state index contributed by atoms with van der Waals surface area (Å²) in [7, 11) is -5.14. The lowest BCUT2D eigenvalue weighted by atomic mass is 9.85. The molecule has 1 aliphatic carbocycles. The Bertz CT molecular complexity index is 1370. The van der Waals surface area contributed by atoms with Crippen LogP contribution in [-0.2, 0) is 32.7 Å². The van der Waals surface area contributed by atoms with Crippen molar-refractivity contribution >= 4 is 19.8 Å². The summed E-state index contributed by atoms with van der Waals surface area (Å²) in [5.41, 5.74) is 0. The van der Waals surface area contributed by atoms with Gasteiger partial charge in [0.2, 0.25) is 0 Å². The largest absolute Gasteiger partial charge is 0.472 e. The van der Waals surface area contributed by atoms with Crippen LogP contribution in [0.4, 0.5) is 0 Å². The lowest BCUT2D eigenvalue weighted by molar-refractivity contribution is -0.220. The number of ether oxygens (including phenoxy) is 2. The highest BCUT2D eigenvalue weighted by Crippen LogP contribution is 2.47. The highest BCUT2D eigenvalue weighted by molar-refractivity contribution is 7.47. The fourth-order valence-electron chi connectivity index (χ4n) is 5.95. The van der Waals surface area contributed by atoms with E-state index in [1.54, 1.807) is 0 Å². The van der Waals surface area contributed by atoms with Crippen molar-refractivity contribution in [3.8, 4) is 0 Å². The van der Waals surface area contributed by atoms with Gasteiger partial charge in [-0.3, -0.25) is 18.6 Å². The predicted octanol–water partition coefficient (Wildman–Crippen LogP) is 8.11. The molecular weight excluding hydrogens is 791 g/mol. The van der Waals surface area contributed by atoms with Crippen molar-refractivity contribution in [2.24, 2.45) is 0 Å². The quantitative estimate of drug-likeness (QED) is 0.0157. The molecule has 0 spiro atoms. The van der Waals surface area contributed by atoms with E-state index in [9.17, 15) is 44.6 Å². The standard InChI is InChI=1S/C46H75O13P/c1-3-5-7-9-11-13-15-17-18-19-20-21-22-23-25-27-29-31-33-35-40(48)58-38(36-56-39(47)34-32-30-28-26-24-16-14-12-10-8-6-4-2)37-57-60(54,55)59-46-44(52)42(50)41(49)43(51)45(46)53/h5,7,11-14,17-18,20-21,23,25,29,31,38,41-46,49-53H,3-4,6,8-10,15-16,19,22,24,26-28,30,32-37H2,1-2H3,(H,54,55)/b7-5+,13-11+,14-12+,18-17+,21-20+,25-23+,31-29+/t38-,41?,42+,43?,44?,45?,46?/m1/s1. The fourth-order valence-corrected chi connectivity index (χ4v) is 6.93. The third-order valence-corrected chi connectivity index (χ3v) is 10.5. The highest BCUT2D eigenvalue weighted by atomic mass is 31.2. The van der Waals surface area contributed by atoms with Crippen LogP contribution in [0.25, 0.3) is 0 Å². The van der Waals surface area contributed by atoms with Gasteiger partial charge in [0.1, 0.15) is 43.2 Å². The van der Waals surface area contributed by atoms with E-state index in [1.807, 2.05) is 18.2 Å². The van der Waals surface area contributed by atoms with Crippen molar-refractivity contribution in [3.63, 3.8) is 0 Å². The van der Waals surface area contributed by atoms with Crippen molar-refractivity contribution in [1.29, 1.82) is 0 Å². The zero-order valence-electron chi connectivity index (χ0n) is 36.0. The molecule has 0 radical (unpaired) electrons. The second-order valence-electron chi connectivity index (χ2n) is 14.8. The summed E-state index contributed by atoms with van der Waals surface area (Å²) in [6.45, 7) is 3.06. The average molecular weight is 867 g/mol. The maximum atomic E-state index is 12.8. The molecule has 1 aliphatic rings. The number of phosphoric ester groups is 1. The van der Waals surface area contributed by atoms with Crippen LogP contribution in [0.15, 0.2) is 85.1 Å². The fraction of sp³-hybridized carbons (Fsp3) is 0.652. The Morgan fingerprint density at radius 2 is 0.983 bits per heavy atom. The Balaban J connectivity index is 2.56.